The predicted octanol–water partition coefficient (Wildman–Crippen LogP) is -0.260. The summed E-state index contributed by atoms with van der Waals surface area (Å²) in [5.41, 5.74) is 0. The number of carbonyl (C=O) groups is 1. The molecule has 1 aromatic rings. The van der Waals surface area contributed by atoms with Crippen molar-refractivity contribution in [1.82, 2.24) is 15.1 Å². The van der Waals surface area contributed by atoms with Gasteiger partial charge in [-0.2, -0.15) is 0 Å². The van der Waals surface area contributed by atoms with Crippen molar-refractivity contribution in [3.63, 3.8) is 0 Å². The van der Waals surface area contributed by atoms with Crippen molar-refractivity contribution >= 4 is 5.97 Å². The number of β-amino-alcohol motifs (C(OH)–C–C–N with tert-alkyl or cyclic N) is 1. The summed E-state index contributed by atoms with van der Waals surface area (Å²) in [5, 5.41) is 17.4. The highest BCUT2D eigenvalue weighted by molar-refractivity contribution is 5.76. The fourth-order valence-electron chi connectivity index (χ4n) is 2.10. The Morgan fingerprint density at radius 3 is 2.89 bits per heavy atom. The van der Waals surface area contributed by atoms with Gasteiger partial charge in [0.2, 0.25) is 11.8 Å². The summed E-state index contributed by atoms with van der Waals surface area (Å²) in [4.78, 5) is 13.4. The lowest BCUT2D eigenvalue weighted by Crippen LogP contribution is -2.36. The summed E-state index contributed by atoms with van der Waals surface area (Å²) in [7, 11) is 1.34. The molecule has 0 saturated carbocycles. The summed E-state index contributed by atoms with van der Waals surface area (Å²) < 4.78 is 10.1. The number of aliphatic hydroxyl groups excluding tert-OH is 1. The van der Waals surface area contributed by atoms with Gasteiger partial charge < -0.3 is 14.3 Å². The molecule has 2 heterocycles. The van der Waals surface area contributed by atoms with Gasteiger partial charge in [0.05, 0.1) is 19.8 Å². The maximum Gasteiger partial charge on any atom is 0.323 e. The Balaban J connectivity index is 2.04. The molecule has 2 unspecified atom stereocenters. The van der Waals surface area contributed by atoms with Crippen molar-refractivity contribution in [3.05, 3.63) is 11.8 Å². The average Bonchev–Trinajstić information content (AvgIpc) is 2.95. The Bertz CT molecular complexity index is 420. The van der Waals surface area contributed by atoms with Gasteiger partial charge in [-0.25, -0.2) is 0 Å². The molecule has 1 saturated heterocycles. The lowest BCUT2D eigenvalue weighted by molar-refractivity contribution is -0.146. The zero-order valence-electron chi connectivity index (χ0n) is 10.5. The maximum absolute atomic E-state index is 11.6. The van der Waals surface area contributed by atoms with Gasteiger partial charge in [-0.3, -0.25) is 9.69 Å². The van der Waals surface area contributed by atoms with E-state index in [0.29, 0.717) is 37.7 Å². The van der Waals surface area contributed by atoms with Crippen molar-refractivity contribution < 1.29 is 19.1 Å². The van der Waals surface area contributed by atoms with Crippen LogP contribution in [-0.4, -0.2) is 52.0 Å². The summed E-state index contributed by atoms with van der Waals surface area (Å²) >= 11 is 0. The predicted molar refractivity (Wildman–Crippen MR) is 60.5 cm³/mol. The van der Waals surface area contributed by atoms with E-state index in [-0.39, 0.29) is 5.97 Å². The lowest BCUT2D eigenvalue weighted by Gasteiger charge is -2.19. The summed E-state index contributed by atoms with van der Waals surface area (Å²) in [6.07, 6.45) is 0.528. The second kappa shape index (κ2) is 5.45. The Labute approximate surface area is 105 Å². The molecule has 1 fully saturated rings. The SMILES string of the molecule is CCc1nnc(CN2CC(O)CC2C(=O)OC)o1. The van der Waals surface area contributed by atoms with E-state index in [4.69, 9.17) is 9.15 Å². The highest BCUT2D eigenvalue weighted by Gasteiger charge is 2.37. The van der Waals surface area contributed by atoms with Crippen LogP contribution < -0.4 is 0 Å². The molecular weight excluding hydrogens is 238 g/mol. The molecule has 18 heavy (non-hydrogen) atoms. The Morgan fingerprint density at radius 1 is 1.56 bits per heavy atom. The minimum Gasteiger partial charge on any atom is -0.468 e. The first-order valence-electron chi connectivity index (χ1n) is 5.95. The normalized spacial score (nSPS) is 24.4. The molecule has 0 bridgehead atoms. The minimum atomic E-state index is -0.525. The molecule has 0 aromatic carbocycles. The first-order valence-corrected chi connectivity index (χ1v) is 5.95. The van der Waals surface area contributed by atoms with Crippen LogP contribution in [0.25, 0.3) is 0 Å². The molecule has 0 aliphatic carbocycles. The van der Waals surface area contributed by atoms with Crippen LogP contribution in [0.3, 0.4) is 0 Å². The number of aliphatic hydroxyl groups is 1. The number of hydrogen-bond acceptors (Lipinski definition) is 7. The molecule has 1 N–H and O–H groups in total. The van der Waals surface area contributed by atoms with Gasteiger partial charge in [-0.05, 0) is 0 Å². The number of esters is 1. The standard InChI is InChI=1S/C11H17N3O4/c1-3-9-12-13-10(18-9)6-14-5-7(15)4-8(14)11(16)17-2/h7-8,15H,3-6H2,1-2H3. The number of likely N-dealkylation sites (tertiary alicyclic amines) is 1. The number of aromatic nitrogens is 2. The quantitative estimate of drug-likeness (QED) is 0.741. The Hall–Kier alpha value is -1.47. The largest absolute Gasteiger partial charge is 0.468 e. The van der Waals surface area contributed by atoms with Crippen LogP contribution in [-0.2, 0) is 22.5 Å². The van der Waals surface area contributed by atoms with Gasteiger partial charge in [-0.15, -0.1) is 10.2 Å². The molecule has 2 atom stereocenters. The van der Waals surface area contributed by atoms with Gasteiger partial charge >= 0.3 is 5.97 Å². The average molecular weight is 255 g/mol. The van der Waals surface area contributed by atoms with Gasteiger partial charge in [0.1, 0.15) is 6.04 Å². The van der Waals surface area contributed by atoms with Crippen LogP contribution in [0.1, 0.15) is 25.1 Å². The summed E-state index contributed by atoms with van der Waals surface area (Å²) in [6, 6.07) is -0.443. The number of methoxy groups -OCH3 is 1. The van der Waals surface area contributed by atoms with Gasteiger partial charge in [0.25, 0.3) is 0 Å². The molecule has 0 amide bonds. The maximum atomic E-state index is 11.6. The van der Waals surface area contributed by atoms with E-state index >= 15 is 0 Å². The fraction of sp³-hybridized carbons (Fsp3) is 0.727. The summed E-state index contributed by atoms with van der Waals surface area (Å²) in [5.74, 6) is 0.677. The van der Waals surface area contributed by atoms with Crippen LogP contribution in [0.4, 0.5) is 0 Å². The number of carbonyl (C=O) groups excluding carboxylic acids is 1. The molecule has 0 radical (unpaired) electrons. The highest BCUT2D eigenvalue weighted by Crippen LogP contribution is 2.21. The fourth-order valence-corrected chi connectivity index (χ4v) is 2.10. The molecular formula is C11H17N3O4. The van der Waals surface area contributed by atoms with E-state index in [1.54, 1.807) is 4.90 Å². The van der Waals surface area contributed by atoms with Gasteiger partial charge in [-0.1, -0.05) is 6.92 Å². The van der Waals surface area contributed by atoms with Gasteiger partial charge in [0, 0.05) is 19.4 Å². The third kappa shape index (κ3) is 2.68. The van der Waals surface area contributed by atoms with Crippen molar-refractivity contribution in [3.8, 4) is 0 Å². The Kier molecular flexibility index (Phi) is 3.93. The zero-order valence-corrected chi connectivity index (χ0v) is 10.5. The molecule has 2 rings (SSSR count). The third-order valence-corrected chi connectivity index (χ3v) is 3.00. The molecule has 100 valence electrons. The lowest BCUT2D eigenvalue weighted by atomic mass is 10.2. The van der Waals surface area contributed by atoms with Crippen LogP contribution in [0.15, 0.2) is 4.42 Å². The molecule has 7 nitrogen and oxygen atoms in total. The highest BCUT2D eigenvalue weighted by atomic mass is 16.5. The first kappa shape index (κ1) is 13.0. The van der Waals surface area contributed by atoms with E-state index in [2.05, 4.69) is 10.2 Å². The zero-order chi connectivity index (χ0) is 13.1. The van der Waals surface area contributed by atoms with Crippen LogP contribution in [0.5, 0.6) is 0 Å². The second-order valence-electron chi connectivity index (χ2n) is 4.30. The number of hydrogen-bond donors (Lipinski definition) is 1. The minimum absolute atomic E-state index is 0.346. The van der Waals surface area contributed by atoms with Crippen molar-refractivity contribution in [1.29, 1.82) is 0 Å². The number of aryl methyl sites for hydroxylation is 1. The molecule has 1 aliphatic heterocycles. The summed E-state index contributed by atoms with van der Waals surface area (Å²) in [6.45, 7) is 2.68. The number of ether oxygens (including phenoxy) is 1. The van der Waals surface area contributed by atoms with E-state index < -0.39 is 12.1 Å². The van der Waals surface area contributed by atoms with E-state index in [9.17, 15) is 9.90 Å². The first-order chi connectivity index (χ1) is 8.63. The monoisotopic (exact) mass is 255 g/mol. The van der Waals surface area contributed by atoms with Crippen LogP contribution >= 0.6 is 0 Å². The molecule has 7 heteroatoms. The van der Waals surface area contributed by atoms with Gasteiger partial charge in [0.15, 0.2) is 0 Å². The third-order valence-electron chi connectivity index (χ3n) is 3.00. The van der Waals surface area contributed by atoms with Crippen molar-refractivity contribution in [2.24, 2.45) is 0 Å². The van der Waals surface area contributed by atoms with E-state index in [1.165, 1.54) is 7.11 Å². The second-order valence-corrected chi connectivity index (χ2v) is 4.30. The molecule has 1 aromatic heterocycles. The number of nitrogens with zero attached hydrogens (tertiary/aromatic N) is 3. The van der Waals surface area contributed by atoms with Crippen LogP contribution in [0, 0.1) is 0 Å². The molecule has 0 spiro atoms. The Morgan fingerprint density at radius 2 is 2.28 bits per heavy atom. The smallest absolute Gasteiger partial charge is 0.323 e. The van der Waals surface area contributed by atoms with E-state index in [1.807, 2.05) is 6.92 Å². The van der Waals surface area contributed by atoms with E-state index in [0.717, 1.165) is 0 Å². The number of rotatable bonds is 4. The van der Waals surface area contributed by atoms with Crippen molar-refractivity contribution in [2.75, 3.05) is 13.7 Å². The van der Waals surface area contributed by atoms with Crippen molar-refractivity contribution in [2.45, 2.75) is 38.5 Å². The van der Waals surface area contributed by atoms with Crippen LogP contribution in [0.2, 0.25) is 0 Å². The molecule has 1 aliphatic rings. The topological polar surface area (TPSA) is 88.7 Å².